The molecule has 1 aliphatic rings. The molecular formula is C19H19FN2O3. The molecule has 2 aromatic rings. The van der Waals surface area contributed by atoms with Crippen molar-refractivity contribution in [3.63, 3.8) is 0 Å². The van der Waals surface area contributed by atoms with Gasteiger partial charge in [0.05, 0.1) is 18.7 Å². The van der Waals surface area contributed by atoms with E-state index in [4.69, 9.17) is 4.74 Å². The molecule has 0 unspecified atom stereocenters. The highest BCUT2D eigenvalue weighted by Crippen LogP contribution is 2.28. The van der Waals surface area contributed by atoms with E-state index < -0.39 is 11.7 Å². The van der Waals surface area contributed by atoms with Crippen LogP contribution in [0.25, 0.3) is 0 Å². The predicted molar refractivity (Wildman–Crippen MR) is 93.2 cm³/mol. The first-order valence-corrected chi connectivity index (χ1v) is 7.99. The van der Waals surface area contributed by atoms with Crippen LogP contribution in [0, 0.1) is 18.7 Å². The third-order valence-corrected chi connectivity index (χ3v) is 4.26. The maximum absolute atomic E-state index is 13.8. The summed E-state index contributed by atoms with van der Waals surface area (Å²) in [6, 6.07) is 11.6. The highest BCUT2D eigenvalue weighted by Gasteiger charge is 2.35. The van der Waals surface area contributed by atoms with Crippen molar-refractivity contribution in [2.45, 2.75) is 13.3 Å². The lowest BCUT2D eigenvalue weighted by Crippen LogP contribution is -2.28. The molecule has 1 N–H and O–H groups in total. The Labute approximate surface area is 145 Å². The Hall–Kier alpha value is -2.89. The lowest BCUT2D eigenvalue weighted by Gasteiger charge is -2.17. The molecule has 2 aromatic carbocycles. The minimum atomic E-state index is -0.519. The van der Waals surface area contributed by atoms with Gasteiger partial charge in [-0.1, -0.05) is 6.07 Å². The molecule has 1 heterocycles. The van der Waals surface area contributed by atoms with Gasteiger partial charge < -0.3 is 15.0 Å². The number of rotatable bonds is 4. The van der Waals surface area contributed by atoms with Gasteiger partial charge in [-0.25, -0.2) is 4.39 Å². The number of amides is 2. The van der Waals surface area contributed by atoms with Crippen molar-refractivity contribution >= 4 is 23.2 Å². The number of hydrogen-bond donors (Lipinski definition) is 1. The number of halogens is 1. The number of methoxy groups -OCH3 is 1. The molecule has 25 heavy (non-hydrogen) atoms. The summed E-state index contributed by atoms with van der Waals surface area (Å²) in [7, 11) is 1.57. The van der Waals surface area contributed by atoms with Crippen LogP contribution in [-0.4, -0.2) is 25.5 Å². The summed E-state index contributed by atoms with van der Waals surface area (Å²) in [5.74, 6) is -0.798. The van der Waals surface area contributed by atoms with E-state index in [1.807, 2.05) is 6.92 Å². The van der Waals surface area contributed by atoms with E-state index >= 15 is 0 Å². The normalized spacial score (nSPS) is 16.8. The fourth-order valence-corrected chi connectivity index (χ4v) is 2.86. The summed E-state index contributed by atoms with van der Waals surface area (Å²) in [6.45, 7) is 2.09. The van der Waals surface area contributed by atoms with Crippen molar-refractivity contribution < 1.29 is 18.7 Å². The quantitative estimate of drug-likeness (QED) is 0.929. The van der Waals surface area contributed by atoms with Crippen molar-refractivity contribution in [1.29, 1.82) is 0 Å². The Morgan fingerprint density at radius 1 is 1.24 bits per heavy atom. The van der Waals surface area contributed by atoms with E-state index in [9.17, 15) is 14.0 Å². The van der Waals surface area contributed by atoms with Crippen molar-refractivity contribution in [1.82, 2.24) is 0 Å². The van der Waals surface area contributed by atoms with E-state index in [0.29, 0.717) is 11.4 Å². The van der Waals surface area contributed by atoms with Gasteiger partial charge in [0.15, 0.2) is 0 Å². The molecule has 6 heteroatoms. The molecule has 0 radical (unpaired) electrons. The number of nitrogens with one attached hydrogen (secondary N) is 1. The summed E-state index contributed by atoms with van der Waals surface area (Å²) in [4.78, 5) is 26.2. The molecule has 2 amide bonds. The molecule has 0 aromatic heterocycles. The average Bonchev–Trinajstić information content (AvgIpc) is 3.00. The van der Waals surface area contributed by atoms with Crippen LogP contribution in [0.5, 0.6) is 5.75 Å². The van der Waals surface area contributed by atoms with Gasteiger partial charge in [0.2, 0.25) is 11.8 Å². The number of carbonyl (C=O) groups excluding carboxylic acids is 2. The first-order chi connectivity index (χ1) is 12.0. The van der Waals surface area contributed by atoms with Crippen LogP contribution in [0.4, 0.5) is 15.8 Å². The van der Waals surface area contributed by atoms with Gasteiger partial charge in [-0.15, -0.1) is 0 Å². The molecule has 3 rings (SSSR count). The third kappa shape index (κ3) is 3.63. The van der Waals surface area contributed by atoms with Gasteiger partial charge in [-0.3, -0.25) is 9.59 Å². The number of ether oxygens (including phenoxy) is 1. The smallest absolute Gasteiger partial charge is 0.229 e. The Balaban J connectivity index is 1.70. The van der Waals surface area contributed by atoms with Crippen molar-refractivity contribution in [3.8, 4) is 5.75 Å². The maximum Gasteiger partial charge on any atom is 0.229 e. The molecule has 130 valence electrons. The van der Waals surface area contributed by atoms with Crippen LogP contribution < -0.4 is 15.0 Å². The second kappa shape index (κ2) is 6.93. The van der Waals surface area contributed by atoms with E-state index in [0.717, 1.165) is 5.56 Å². The van der Waals surface area contributed by atoms with Crippen molar-refractivity contribution in [2.75, 3.05) is 23.9 Å². The molecular weight excluding hydrogens is 323 g/mol. The van der Waals surface area contributed by atoms with Gasteiger partial charge in [0.1, 0.15) is 11.6 Å². The molecule has 0 saturated carbocycles. The summed E-state index contributed by atoms with van der Waals surface area (Å²) >= 11 is 0. The van der Waals surface area contributed by atoms with Gasteiger partial charge in [-0.05, 0) is 48.9 Å². The van der Waals surface area contributed by atoms with Crippen LogP contribution in [0.15, 0.2) is 42.5 Å². The lowest BCUT2D eigenvalue weighted by molar-refractivity contribution is -0.122. The van der Waals surface area contributed by atoms with E-state index in [1.54, 1.807) is 48.4 Å². The second-order valence-corrected chi connectivity index (χ2v) is 6.08. The molecule has 5 nitrogen and oxygen atoms in total. The average molecular weight is 342 g/mol. The maximum atomic E-state index is 13.8. The number of carbonyl (C=O) groups is 2. The van der Waals surface area contributed by atoms with Gasteiger partial charge in [-0.2, -0.15) is 0 Å². The highest BCUT2D eigenvalue weighted by atomic mass is 19.1. The molecule has 0 spiro atoms. The number of hydrogen-bond acceptors (Lipinski definition) is 3. The zero-order valence-electron chi connectivity index (χ0n) is 14.1. The summed E-state index contributed by atoms with van der Waals surface area (Å²) < 4.78 is 18.9. The van der Waals surface area contributed by atoms with E-state index in [-0.39, 0.29) is 30.5 Å². The van der Waals surface area contributed by atoms with Crippen molar-refractivity contribution in [2.24, 2.45) is 5.92 Å². The Morgan fingerprint density at radius 2 is 1.96 bits per heavy atom. The molecule has 1 fully saturated rings. The standard InChI is InChI=1S/C19H19FN2O3/c1-12-3-8-16(20)17(9-12)21-19(24)13-10-18(23)22(11-13)14-4-6-15(25-2)7-5-14/h3-9,13H,10-11H2,1-2H3,(H,21,24)/t13-/m0/s1. The lowest BCUT2D eigenvalue weighted by atomic mass is 10.1. The summed E-state index contributed by atoms with van der Waals surface area (Å²) in [5.41, 5.74) is 1.70. The highest BCUT2D eigenvalue weighted by molar-refractivity contribution is 6.03. The summed E-state index contributed by atoms with van der Waals surface area (Å²) in [6.07, 6.45) is 0.102. The Morgan fingerprint density at radius 3 is 2.64 bits per heavy atom. The van der Waals surface area contributed by atoms with Crippen molar-refractivity contribution in [3.05, 3.63) is 53.8 Å². The van der Waals surface area contributed by atoms with Gasteiger partial charge in [0.25, 0.3) is 0 Å². The zero-order valence-corrected chi connectivity index (χ0v) is 14.1. The number of anilines is 2. The van der Waals surface area contributed by atoms with E-state index in [2.05, 4.69) is 5.32 Å². The first-order valence-electron chi connectivity index (χ1n) is 7.99. The van der Waals surface area contributed by atoms with Crippen LogP contribution in [-0.2, 0) is 9.59 Å². The SMILES string of the molecule is COc1ccc(N2C[C@@H](C(=O)Nc3cc(C)ccc3F)CC2=O)cc1. The predicted octanol–water partition coefficient (Wildman–Crippen LogP) is 3.13. The summed E-state index contributed by atoms with van der Waals surface area (Å²) in [5, 5.41) is 2.59. The van der Waals surface area contributed by atoms with E-state index in [1.165, 1.54) is 6.07 Å². The van der Waals surface area contributed by atoms with Crippen LogP contribution in [0.3, 0.4) is 0 Å². The monoisotopic (exact) mass is 342 g/mol. The topological polar surface area (TPSA) is 58.6 Å². The fraction of sp³-hybridized carbons (Fsp3) is 0.263. The van der Waals surface area contributed by atoms with Crippen LogP contribution in [0.1, 0.15) is 12.0 Å². The fourth-order valence-electron chi connectivity index (χ4n) is 2.86. The van der Waals surface area contributed by atoms with Crippen LogP contribution >= 0.6 is 0 Å². The van der Waals surface area contributed by atoms with Gasteiger partial charge >= 0.3 is 0 Å². The third-order valence-electron chi connectivity index (χ3n) is 4.26. The molecule has 0 bridgehead atoms. The second-order valence-electron chi connectivity index (χ2n) is 6.08. The largest absolute Gasteiger partial charge is 0.497 e. The Kier molecular flexibility index (Phi) is 4.70. The number of aryl methyl sites for hydroxylation is 1. The van der Waals surface area contributed by atoms with Crippen LogP contribution in [0.2, 0.25) is 0 Å². The minimum absolute atomic E-state index is 0.102. The molecule has 1 atom stereocenters. The molecule has 1 saturated heterocycles. The van der Waals surface area contributed by atoms with Gasteiger partial charge in [0, 0.05) is 18.7 Å². The first kappa shape index (κ1) is 17.0. The molecule has 1 aliphatic heterocycles. The zero-order chi connectivity index (χ0) is 18.0. The number of nitrogens with zero attached hydrogens (tertiary/aromatic N) is 1. The molecule has 0 aliphatic carbocycles. The Bertz CT molecular complexity index is 805. The number of benzene rings is 2. The minimum Gasteiger partial charge on any atom is -0.497 e.